The predicted octanol–water partition coefficient (Wildman–Crippen LogP) is 4.70. The molecule has 3 heterocycles. The van der Waals surface area contributed by atoms with Crippen molar-refractivity contribution in [2.45, 2.75) is 38.3 Å². The third-order valence-electron chi connectivity index (χ3n) is 6.11. The maximum atomic E-state index is 13.0. The predicted molar refractivity (Wildman–Crippen MR) is 126 cm³/mol. The van der Waals surface area contributed by atoms with Crippen LogP contribution in [0.4, 0.5) is 24.7 Å². The van der Waals surface area contributed by atoms with E-state index >= 15 is 0 Å². The van der Waals surface area contributed by atoms with Crippen LogP contribution in [-0.2, 0) is 29.3 Å². The van der Waals surface area contributed by atoms with Gasteiger partial charge in [-0.25, -0.2) is 0 Å². The van der Waals surface area contributed by atoms with Gasteiger partial charge in [0.25, 0.3) is 11.4 Å². The highest BCUT2D eigenvalue weighted by atomic mass is 19.4. The molecule has 0 saturated carbocycles. The number of aromatic nitrogens is 2. The van der Waals surface area contributed by atoms with Gasteiger partial charge in [0.15, 0.2) is 0 Å². The molecule has 4 rings (SSSR count). The van der Waals surface area contributed by atoms with Crippen LogP contribution in [-0.4, -0.2) is 41.5 Å². The number of halogens is 3. The molecular weight excluding hydrogens is 461 g/mol. The van der Waals surface area contributed by atoms with Crippen molar-refractivity contribution in [3.63, 3.8) is 0 Å². The van der Waals surface area contributed by atoms with Gasteiger partial charge in [-0.15, -0.1) is 4.98 Å². The van der Waals surface area contributed by atoms with Crippen LogP contribution in [0.5, 0.6) is 0 Å². The van der Waals surface area contributed by atoms with Crippen LogP contribution in [0.3, 0.4) is 0 Å². The van der Waals surface area contributed by atoms with E-state index in [0.29, 0.717) is 48.4 Å². The molecule has 0 N–H and O–H groups in total. The van der Waals surface area contributed by atoms with E-state index in [4.69, 9.17) is 16.0 Å². The number of hydrogen-bond donors (Lipinski definition) is 0. The third kappa shape index (κ3) is 5.31. The second-order valence-electron chi connectivity index (χ2n) is 8.35. The molecule has 0 radical (unpaired) electrons. The molecule has 0 bridgehead atoms. The SMILES string of the molecule is [C-]#[N+]c1ccc2c(n1)c(N1CC[C@H](OCc3cccc(C(F)(F)F)c3)[C@@H](OCC)C1)cc(=O)n2C. The van der Waals surface area contributed by atoms with Crippen LogP contribution in [0.2, 0.25) is 0 Å². The van der Waals surface area contributed by atoms with Gasteiger partial charge in [0.1, 0.15) is 6.10 Å². The highest BCUT2D eigenvalue weighted by molar-refractivity contribution is 5.89. The van der Waals surface area contributed by atoms with Crippen molar-refractivity contribution in [1.82, 2.24) is 9.55 Å². The fourth-order valence-corrected chi connectivity index (χ4v) is 4.32. The Hall–Kier alpha value is -3.42. The van der Waals surface area contributed by atoms with Crippen LogP contribution >= 0.6 is 0 Å². The Kier molecular flexibility index (Phi) is 7.10. The number of pyridine rings is 2. The summed E-state index contributed by atoms with van der Waals surface area (Å²) in [6.07, 6.45) is -4.55. The van der Waals surface area contributed by atoms with Gasteiger partial charge in [0.2, 0.25) is 5.52 Å². The van der Waals surface area contributed by atoms with Crippen LogP contribution in [0.1, 0.15) is 24.5 Å². The number of nitrogens with zero attached hydrogens (tertiary/aromatic N) is 4. The smallest absolute Gasteiger partial charge is 0.374 e. The Morgan fingerprint density at radius 3 is 2.69 bits per heavy atom. The zero-order valence-electron chi connectivity index (χ0n) is 19.4. The number of ether oxygens (including phenoxy) is 2. The Balaban J connectivity index is 1.55. The summed E-state index contributed by atoms with van der Waals surface area (Å²) < 4.78 is 52.5. The molecule has 3 aromatic rings. The first-order valence-corrected chi connectivity index (χ1v) is 11.2. The highest BCUT2D eigenvalue weighted by Gasteiger charge is 2.33. The molecule has 1 aliphatic heterocycles. The van der Waals surface area contributed by atoms with Crippen molar-refractivity contribution in [3.8, 4) is 0 Å². The van der Waals surface area contributed by atoms with Crippen LogP contribution in [0, 0.1) is 6.57 Å². The molecule has 10 heteroatoms. The molecule has 35 heavy (non-hydrogen) atoms. The van der Waals surface area contributed by atoms with E-state index in [1.807, 2.05) is 11.8 Å². The molecular formula is C25H25F3N4O3. The van der Waals surface area contributed by atoms with Crippen LogP contribution in [0.25, 0.3) is 15.9 Å². The Morgan fingerprint density at radius 2 is 1.97 bits per heavy atom. The van der Waals surface area contributed by atoms with Crippen molar-refractivity contribution in [2.24, 2.45) is 7.05 Å². The molecule has 1 aliphatic rings. The summed E-state index contributed by atoms with van der Waals surface area (Å²) >= 11 is 0. The summed E-state index contributed by atoms with van der Waals surface area (Å²) in [6.45, 7) is 10.6. The average molecular weight is 486 g/mol. The minimum Gasteiger partial charge on any atom is -0.374 e. The Morgan fingerprint density at radius 1 is 1.17 bits per heavy atom. The van der Waals surface area contributed by atoms with Gasteiger partial charge in [-0.1, -0.05) is 18.7 Å². The highest BCUT2D eigenvalue weighted by Crippen LogP contribution is 2.31. The molecule has 0 spiro atoms. The van der Waals surface area contributed by atoms with E-state index in [2.05, 4.69) is 9.83 Å². The van der Waals surface area contributed by atoms with Gasteiger partial charge in [0.05, 0.1) is 29.5 Å². The number of piperidine rings is 1. The Bertz CT molecular complexity index is 1320. The molecule has 0 unspecified atom stereocenters. The summed E-state index contributed by atoms with van der Waals surface area (Å²) in [6, 6.07) is 9.91. The lowest BCUT2D eigenvalue weighted by atomic mass is 10.0. The van der Waals surface area contributed by atoms with Crippen molar-refractivity contribution in [1.29, 1.82) is 0 Å². The number of benzene rings is 1. The summed E-state index contributed by atoms with van der Waals surface area (Å²) in [5.41, 5.74) is 1.33. The Labute approximate surface area is 200 Å². The van der Waals surface area contributed by atoms with Crippen molar-refractivity contribution in [2.75, 3.05) is 24.6 Å². The van der Waals surface area contributed by atoms with E-state index in [-0.39, 0.29) is 30.2 Å². The minimum atomic E-state index is -4.41. The lowest BCUT2D eigenvalue weighted by Gasteiger charge is -2.39. The molecule has 1 aromatic carbocycles. The number of fused-ring (bicyclic) bond motifs is 1. The van der Waals surface area contributed by atoms with Crippen LogP contribution in [0.15, 0.2) is 47.3 Å². The van der Waals surface area contributed by atoms with Gasteiger partial charge in [-0.3, -0.25) is 4.79 Å². The lowest BCUT2D eigenvalue weighted by molar-refractivity contribution is -0.137. The quantitative estimate of drug-likeness (QED) is 0.473. The zero-order chi connectivity index (χ0) is 25.2. The maximum absolute atomic E-state index is 13.0. The number of aryl methyl sites for hydroxylation is 1. The number of alkyl halides is 3. The van der Waals surface area contributed by atoms with Crippen molar-refractivity contribution in [3.05, 3.63) is 75.4 Å². The zero-order valence-corrected chi connectivity index (χ0v) is 19.4. The molecule has 7 nitrogen and oxygen atoms in total. The van der Waals surface area contributed by atoms with Gasteiger partial charge < -0.3 is 23.8 Å². The second kappa shape index (κ2) is 10.1. The molecule has 2 atom stereocenters. The first kappa shape index (κ1) is 24.7. The minimum absolute atomic E-state index is 0.0306. The molecule has 0 aliphatic carbocycles. The van der Waals surface area contributed by atoms with Crippen molar-refractivity contribution >= 4 is 22.5 Å². The molecule has 1 fully saturated rings. The maximum Gasteiger partial charge on any atom is 0.416 e. The average Bonchev–Trinajstić information content (AvgIpc) is 2.85. The lowest BCUT2D eigenvalue weighted by Crippen LogP contribution is -2.49. The molecule has 2 aromatic heterocycles. The fraction of sp³-hybridized carbons (Fsp3) is 0.400. The summed E-state index contributed by atoms with van der Waals surface area (Å²) in [7, 11) is 1.66. The third-order valence-corrected chi connectivity index (χ3v) is 6.11. The molecule has 0 amide bonds. The number of rotatable bonds is 6. The van der Waals surface area contributed by atoms with E-state index < -0.39 is 11.7 Å². The second-order valence-corrected chi connectivity index (χ2v) is 8.35. The summed E-state index contributed by atoms with van der Waals surface area (Å²) in [4.78, 5) is 22.4. The fourth-order valence-electron chi connectivity index (χ4n) is 4.32. The van der Waals surface area contributed by atoms with E-state index in [0.717, 1.165) is 12.1 Å². The van der Waals surface area contributed by atoms with E-state index in [9.17, 15) is 18.0 Å². The van der Waals surface area contributed by atoms with E-state index in [1.54, 1.807) is 25.2 Å². The van der Waals surface area contributed by atoms with Gasteiger partial charge >= 0.3 is 6.18 Å². The number of hydrogen-bond acceptors (Lipinski definition) is 5. The molecule has 184 valence electrons. The topological polar surface area (TPSA) is 61.0 Å². The van der Waals surface area contributed by atoms with Crippen molar-refractivity contribution < 1.29 is 22.6 Å². The number of anilines is 1. The summed E-state index contributed by atoms with van der Waals surface area (Å²) in [5, 5.41) is 0. The normalized spacial score (nSPS) is 18.6. The largest absolute Gasteiger partial charge is 0.416 e. The standard InChI is InChI=1S/C25H25F3N4O3/c1-4-34-21-14-32(19-13-23(33)31(3)18-8-9-22(29-2)30-24(18)19)11-10-20(21)35-15-16-6-5-7-17(12-16)25(26,27)28/h5-9,12-13,20-21H,4,10-11,14-15H2,1,3H3/t20-,21-/m0/s1. The first-order chi connectivity index (χ1) is 16.7. The van der Waals surface area contributed by atoms with Crippen LogP contribution < -0.4 is 10.5 Å². The monoisotopic (exact) mass is 486 g/mol. The summed E-state index contributed by atoms with van der Waals surface area (Å²) in [5.74, 6) is 0.234. The first-order valence-electron chi connectivity index (χ1n) is 11.2. The van der Waals surface area contributed by atoms with Gasteiger partial charge in [-0.2, -0.15) is 13.2 Å². The molecule has 1 saturated heterocycles. The van der Waals surface area contributed by atoms with E-state index in [1.165, 1.54) is 16.7 Å². The van der Waals surface area contributed by atoms with Gasteiger partial charge in [0, 0.05) is 32.8 Å². The van der Waals surface area contributed by atoms with Gasteiger partial charge in [-0.05, 0) is 43.2 Å².